The van der Waals surface area contributed by atoms with Crippen molar-refractivity contribution < 1.29 is 27.5 Å². The zero-order chi connectivity index (χ0) is 20.2. The zero-order valence-electron chi connectivity index (χ0n) is 13.9. The minimum Gasteiger partial charge on any atom is -0.467 e. The first-order valence-electron chi connectivity index (χ1n) is 7.61. The van der Waals surface area contributed by atoms with E-state index in [0.717, 1.165) is 31.4 Å². The van der Waals surface area contributed by atoms with Crippen LogP contribution in [-0.4, -0.2) is 25.0 Å². The van der Waals surface area contributed by atoms with Crippen LogP contribution in [0.4, 0.5) is 13.2 Å². The van der Waals surface area contributed by atoms with Crippen LogP contribution in [0.1, 0.15) is 21.5 Å². The van der Waals surface area contributed by atoms with Crippen molar-refractivity contribution in [3.8, 4) is 0 Å². The third kappa shape index (κ3) is 5.61. The molecule has 0 saturated carbocycles. The summed E-state index contributed by atoms with van der Waals surface area (Å²) in [4.78, 5) is 24.3. The average Bonchev–Trinajstić information content (AvgIpc) is 2.61. The SMILES string of the molecule is COC(=O)[C@@H](Cc1ccc(Cl)cc1Cl)NC(=O)c1ccc(C(F)(F)F)cc1. The number of methoxy groups -OCH3 is 1. The number of benzene rings is 2. The molecule has 0 aliphatic carbocycles. The Morgan fingerprint density at radius 1 is 1.11 bits per heavy atom. The molecule has 0 aromatic heterocycles. The zero-order valence-corrected chi connectivity index (χ0v) is 15.5. The van der Waals surface area contributed by atoms with Crippen molar-refractivity contribution in [3.05, 3.63) is 69.2 Å². The molecule has 0 spiro atoms. The van der Waals surface area contributed by atoms with E-state index in [1.54, 1.807) is 12.1 Å². The molecule has 0 saturated heterocycles. The molecule has 144 valence electrons. The number of hydrogen-bond donors (Lipinski definition) is 1. The van der Waals surface area contributed by atoms with E-state index in [1.165, 1.54) is 6.07 Å². The van der Waals surface area contributed by atoms with E-state index in [2.05, 4.69) is 10.1 Å². The van der Waals surface area contributed by atoms with Crippen LogP contribution in [0.25, 0.3) is 0 Å². The first-order chi connectivity index (χ1) is 12.6. The van der Waals surface area contributed by atoms with Crippen LogP contribution in [0, 0.1) is 0 Å². The lowest BCUT2D eigenvalue weighted by Crippen LogP contribution is -2.43. The van der Waals surface area contributed by atoms with Gasteiger partial charge in [0, 0.05) is 22.0 Å². The Hall–Kier alpha value is -2.25. The number of halogens is 5. The normalized spacial score (nSPS) is 12.4. The Morgan fingerprint density at radius 2 is 1.74 bits per heavy atom. The Bertz CT molecular complexity index is 839. The highest BCUT2D eigenvalue weighted by Crippen LogP contribution is 2.29. The third-order valence-electron chi connectivity index (χ3n) is 3.70. The van der Waals surface area contributed by atoms with Crippen molar-refractivity contribution in [2.24, 2.45) is 0 Å². The molecule has 0 fully saturated rings. The van der Waals surface area contributed by atoms with Crippen molar-refractivity contribution in [3.63, 3.8) is 0 Å². The van der Waals surface area contributed by atoms with Gasteiger partial charge in [0.2, 0.25) is 0 Å². The Labute approximate surface area is 163 Å². The van der Waals surface area contributed by atoms with Gasteiger partial charge in [0.15, 0.2) is 0 Å². The van der Waals surface area contributed by atoms with Crippen molar-refractivity contribution in [2.75, 3.05) is 7.11 Å². The quantitative estimate of drug-likeness (QED) is 0.724. The number of carbonyl (C=O) groups excluding carboxylic acids is 2. The fraction of sp³-hybridized carbons (Fsp3) is 0.222. The molecule has 2 aromatic carbocycles. The topological polar surface area (TPSA) is 55.4 Å². The number of nitrogens with one attached hydrogen (secondary N) is 1. The van der Waals surface area contributed by atoms with E-state index in [1.807, 2.05) is 0 Å². The van der Waals surface area contributed by atoms with Gasteiger partial charge in [-0.25, -0.2) is 4.79 Å². The molecule has 0 aliphatic heterocycles. The van der Waals surface area contributed by atoms with Crippen LogP contribution < -0.4 is 5.32 Å². The standard InChI is InChI=1S/C18H14Cl2F3NO3/c1-27-17(26)15(8-11-4-7-13(19)9-14(11)20)24-16(25)10-2-5-12(6-3-10)18(21,22)23/h2-7,9,15H,8H2,1H3,(H,24,25)/t15-/m1/s1. The molecule has 0 aliphatic rings. The van der Waals surface area contributed by atoms with Gasteiger partial charge in [-0.2, -0.15) is 13.2 Å². The lowest BCUT2D eigenvalue weighted by Gasteiger charge is -2.17. The minimum absolute atomic E-state index is 0.0229. The number of alkyl halides is 3. The lowest BCUT2D eigenvalue weighted by atomic mass is 10.0. The molecule has 2 aromatic rings. The van der Waals surface area contributed by atoms with Crippen LogP contribution in [0.3, 0.4) is 0 Å². The summed E-state index contributed by atoms with van der Waals surface area (Å²) in [7, 11) is 1.16. The number of ether oxygens (including phenoxy) is 1. The maximum atomic E-state index is 12.6. The predicted molar refractivity (Wildman–Crippen MR) is 94.9 cm³/mol. The van der Waals surface area contributed by atoms with Crippen molar-refractivity contribution in [1.82, 2.24) is 5.32 Å². The van der Waals surface area contributed by atoms with Crippen LogP contribution >= 0.6 is 23.2 Å². The van der Waals surface area contributed by atoms with Crippen molar-refractivity contribution in [2.45, 2.75) is 18.6 Å². The van der Waals surface area contributed by atoms with Crippen LogP contribution in [0.15, 0.2) is 42.5 Å². The molecule has 27 heavy (non-hydrogen) atoms. The van der Waals surface area contributed by atoms with Gasteiger partial charge >= 0.3 is 12.1 Å². The fourth-order valence-electron chi connectivity index (χ4n) is 2.29. The maximum Gasteiger partial charge on any atom is 0.416 e. The second-order valence-corrected chi connectivity index (χ2v) is 6.41. The molecule has 2 rings (SSSR count). The van der Waals surface area contributed by atoms with E-state index in [4.69, 9.17) is 23.2 Å². The molecule has 1 N–H and O–H groups in total. The van der Waals surface area contributed by atoms with Gasteiger partial charge in [-0.1, -0.05) is 29.3 Å². The Balaban J connectivity index is 2.18. The van der Waals surface area contributed by atoms with E-state index < -0.39 is 29.7 Å². The highest BCUT2D eigenvalue weighted by atomic mass is 35.5. The third-order valence-corrected chi connectivity index (χ3v) is 4.29. The molecule has 4 nitrogen and oxygen atoms in total. The molecule has 0 unspecified atom stereocenters. The van der Waals surface area contributed by atoms with E-state index in [0.29, 0.717) is 15.6 Å². The first kappa shape index (κ1) is 21.1. The largest absolute Gasteiger partial charge is 0.467 e. The minimum atomic E-state index is -4.51. The maximum absolute atomic E-state index is 12.6. The van der Waals surface area contributed by atoms with Gasteiger partial charge in [-0.05, 0) is 42.0 Å². The lowest BCUT2D eigenvalue weighted by molar-refractivity contribution is -0.142. The van der Waals surface area contributed by atoms with Gasteiger partial charge < -0.3 is 10.1 Å². The van der Waals surface area contributed by atoms with Gasteiger partial charge in [0.25, 0.3) is 5.91 Å². The van der Waals surface area contributed by atoms with E-state index >= 15 is 0 Å². The van der Waals surface area contributed by atoms with Crippen molar-refractivity contribution >= 4 is 35.1 Å². The van der Waals surface area contributed by atoms with E-state index in [9.17, 15) is 22.8 Å². The second-order valence-electron chi connectivity index (χ2n) is 5.56. The number of amides is 1. The smallest absolute Gasteiger partial charge is 0.416 e. The molecular weight excluding hydrogens is 406 g/mol. The molecule has 0 bridgehead atoms. The number of esters is 1. The first-order valence-corrected chi connectivity index (χ1v) is 8.37. The van der Waals surface area contributed by atoms with Crippen LogP contribution in [0.2, 0.25) is 10.0 Å². The summed E-state index contributed by atoms with van der Waals surface area (Å²) in [5.74, 6) is -1.44. The van der Waals surface area contributed by atoms with Crippen LogP contribution in [-0.2, 0) is 22.1 Å². The molecule has 0 heterocycles. The second kappa shape index (κ2) is 8.63. The van der Waals surface area contributed by atoms with Crippen molar-refractivity contribution in [1.29, 1.82) is 0 Å². The van der Waals surface area contributed by atoms with Gasteiger partial charge in [-0.15, -0.1) is 0 Å². The summed E-state index contributed by atoms with van der Waals surface area (Å²) in [5, 5.41) is 3.16. The summed E-state index contributed by atoms with van der Waals surface area (Å²) in [6, 6.07) is 7.23. The summed E-state index contributed by atoms with van der Waals surface area (Å²) < 4.78 is 42.5. The Morgan fingerprint density at radius 3 is 2.26 bits per heavy atom. The summed E-state index contributed by atoms with van der Waals surface area (Å²) in [6.45, 7) is 0. The Kier molecular flexibility index (Phi) is 6.73. The molecule has 0 radical (unpaired) electrons. The van der Waals surface area contributed by atoms with Gasteiger partial charge in [-0.3, -0.25) is 4.79 Å². The fourth-order valence-corrected chi connectivity index (χ4v) is 2.78. The molecule has 1 amide bonds. The average molecular weight is 420 g/mol. The summed E-state index contributed by atoms with van der Waals surface area (Å²) in [5.41, 5.74) is -0.361. The van der Waals surface area contributed by atoms with Gasteiger partial charge in [0.05, 0.1) is 12.7 Å². The van der Waals surface area contributed by atoms with E-state index in [-0.39, 0.29) is 12.0 Å². The highest BCUT2D eigenvalue weighted by molar-refractivity contribution is 6.35. The monoisotopic (exact) mass is 419 g/mol. The summed E-state index contributed by atoms with van der Waals surface area (Å²) in [6.07, 6.45) is -4.48. The number of carbonyl (C=O) groups is 2. The summed E-state index contributed by atoms with van der Waals surface area (Å²) >= 11 is 11.9. The van der Waals surface area contributed by atoms with Crippen LogP contribution in [0.5, 0.6) is 0 Å². The molecular formula is C18H14Cl2F3NO3. The molecule has 9 heteroatoms. The molecule has 1 atom stereocenters. The van der Waals surface area contributed by atoms with Gasteiger partial charge in [0.1, 0.15) is 6.04 Å². The number of hydrogen-bond acceptors (Lipinski definition) is 3. The highest BCUT2D eigenvalue weighted by Gasteiger charge is 2.30. The number of rotatable bonds is 5. The predicted octanol–water partition coefficient (Wildman–Crippen LogP) is 4.53.